The summed E-state index contributed by atoms with van der Waals surface area (Å²) in [7, 11) is 0. The molecule has 0 fully saturated rings. The van der Waals surface area contributed by atoms with E-state index in [9.17, 15) is 0 Å². The molecule has 2 aromatic heterocycles. The smallest absolute Gasteiger partial charge is 0.0541 e. The number of aromatic nitrogens is 2. The summed E-state index contributed by atoms with van der Waals surface area (Å²) in [5, 5.41) is 10.0. The van der Waals surface area contributed by atoms with Crippen molar-refractivity contribution in [3.05, 3.63) is 372 Å². The molecule has 15 aromatic carbocycles. The Morgan fingerprint density at radius 3 is 1.03 bits per heavy atom. The standard InChI is InChI=1S/C93H62N2/c1-3-14-72-55-78(47-41-65(72)11-1)94-89-19-9-6-16-82(89)84-57-74(45-51-91(84)94)67-33-25-61(26-34-67)21-23-63-29-37-69(38-30-63)76-43-49-80-81-50-44-77(60-88(81)93(87(80)59-76)54-53-71-13-5-8-18-86(71)93)70-39-31-64(32-40-70)24-22-62-27-35-68(36-28-62)75-46-52-92-85(58-75)83-17-7-10-20-90(83)95(92)79-48-42-66-12-2-4-15-73(66)56-79/h1-52,55-60H,53-54H2. The third-order valence-electron chi connectivity index (χ3n) is 20.7. The molecule has 0 bridgehead atoms. The molecule has 0 amide bonds. The second kappa shape index (κ2) is 22.1. The van der Waals surface area contributed by atoms with Crippen LogP contribution in [0.15, 0.2) is 328 Å². The predicted molar refractivity (Wildman–Crippen MR) is 403 cm³/mol. The molecule has 2 heteroatoms. The van der Waals surface area contributed by atoms with Crippen LogP contribution in [0, 0.1) is 0 Å². The molecule has 0 N–H and O–H groups in total. The maximum atomic E-state index is 2.51. The normalized spacial score (nSPS) is 14.2. The fourth-order valence-corrected chi connectivity index (χ4v) is 16.0. The summed E-state index contributed by atoms with van der Waals surface area (Å²) in [4.78, 5) is 0. The Morgan fingerprint density at radius 2 is 0.589 bits per heavy atom. The first-order chi connectivity index (χ1) is 47.0. The van der Waals surface area contributed by atoms with Crippen LogP contribution in [0.2, 0.25) is 0 Å². The van der Waals surface area contributed by atoms with E-state index in [0.717, 1.165) is 12.8 Å². The molecule has 2 heterocycles. The Bertz CT molecular complexity index is 5650. The van der Waals surface area contributed by atoms with Crippen LogP contribution in [0.25, 0.3) is 156 Å². The number of benzene rings is 15. The number of hydrogen-bond acceptors (Lipinski definition) is 0. The van der Waals surface area contributed by atoms with Crippen molar-refractivity contribution >= 4 is 89.5 Å². The summed E-state index contributed by atoms with van der Waals surface area (Å²) in [6, 6.07) is 122. The van der Waals surface area contributed by atoms with E-state index < -0.39 is 0 Å². The van der Waals surface area contributed by atoms with Crippen molar-refractivity contribution in [1.29, 1.82) is 0 Å². The first-order valence-electron chi connectivity index (χ1n) is 33.2. The Morgan fingerprint density at radius 1 is 0.242 bits per heavy atom. The predicted octanol–water partition coefficient (Wildman–Crippen LogP) is 24.5. The molecule has 17 aromatic rings. The van der Waals surface area contributed by atoms with Gasteiger partial charge < -0.3 is 9.13 Å². The van der Waals surface area contributed by atoms with Crippen LogP contribution < -0.4 is 0 Å². The van der Waals surface area contributed by atoms with E-state index in [2.05, 4.69) is 361 Å². The van der Waals surface area contributed by atoms with Gasteiger partial charge in [0.2, 0.25) is 0 Å². The zero-order valence-corrected chi connectivity index (χ0v) is 52.3. The van der Waals surface area contributed by atoms with Crippen LogP contribution in [0.4, 0.5) is 0 Å². The maximum absolute atomic E-state index is 2.51. The molecule has 2 aliphatic rings. The molecular weight excluding hydrogens is 1150 g/mol. The fourth-order valence-electron chi connectivity index (χ4n) is 16.0. The minimum Gasteiger partial charge on any atom is -0.309 e. The van der Waals surface area contributed by atoms with Gasteiger partial charge in [-0.15, -0.1) is 0 Å². The van der Waals surface area contributed by atoms with Crippen LogP contribution in [-0.2, 0) is 11.8 Å². The van der Waals surface area contributed by atoms with E-state index in [1.54, 1.807) is 0 Å². The molecule has 0 atom stereocenters. The third-order valence-corrected chi connectivity index (χ3v) is 20.7. The molecule has 0 unspecified atom stereocenters. The quantitative estimate of drug-likeness (QED) is 0.121. The highest BCUT2D eigenvalue weighted by atomic mass is 15.0. The lowest BCUT2D eigenvalue weighted by atomic mass is 9.72. The molecule has 1 spiro atoms. The van der Waals surface area contributed by atoms with Crippen molar-refractivity contribution < 1.29 is 0 Å². The van der Waals surface area contributed by atoms with Crippen LogP contribution >= 0.6 is 0 Å². The molecular formula is C93H62N2. The highest BCUT2D eigenvalue weighted by Crippen LogP contribution is 2.59. The lowest BCUT2D eigenvalue weighted by Gasteiger charge is -2.29. The second-order valence-corrected chi connectivity index (χ2v) is 26.0. The monoisotopic (exact) mass is 1210 g/mol. The zero-order chi connectivity index (χ0) is 62.6. The summed E-state index contributed by atoms with van der Waals surface area (Å²) < 4.78 is 4.81. The lowest BCUT2D eigenvalue weighted by molar-refractivity contribution is 0.626. The molecule has 2 aliphatic carbocycles. The maximum Gasteiger partial charge on any atom is 0.0541 e. The van der Waals surface area contributed by atoms with Gasteiger partial charge in [-0.05, 0) is 207 Å². The summed E-state index contributed by atoms with van der Waals surface area (Å²) in [5.41, 5.74) is 29.9. The largest absolute Gasteiger partial charge is 0.309 e. The molecule has 19 rings (SSSR count). The molecule has 2 nitrogen and oxygen atoms in total. The summed E-state index contributed by atoms with van der Waals surface area (Å²) >= 11 is 0. The average molecular weight is 1210 g/mol. The SMILES string of the molecule is C(=Cc1ccc(-c2ccc3c(c2)c2ccccc2n3-c2ccc3ccccc3c2)cc1)c1ccc(-c2ccc3c(c2)C2(CCc4ccccc42)c2cc(-c4ccc(C=Cc5ccc(-c6ccc7c(c6)c6ccccc6n7-c6ccc7ccccc7c6)cc5)cc4)ccc2-3)cc1. The van der Waals surface area contributed by atoms with E-state index in [1.807, 2.05) is 0 Å². The van der Waals surface area contributed by atoms with Gasteiger partial charge in [0.25, 0.3) is 0 Å². The summed E-state index contributed by atoms with van der Waals surface area (Å²) in [5.74, 6) is 0. The Kier molecular flexibility index (Phi) is 12.7. The fraction of sp³-hybridized carbons (Fsp3) is 0.0323. The van der Waals surface area contributed by atoms with E-state index in [-0.39, 0.29) is 5.41 Å². The van der Waals surface area contributed by atoms with Crippen molar-refractivity contribution in [3.63, 3.8) is 0 Å². The van der Waals surface area contributed by atoms with Crippen molar-refractivity contribution in [2.24, 2.45) is 0 Å². The number of aryl methyl sites for hydroxylation is 1. The van der Waals surface area contributed by atoms with Gasteiger partial charge in [-0.1, -0.05) is 279 Å². The number of fused-ring (bicyclic) bond motifs is 15. The molecule has 0 aliphatic heterocycles. The van der Waals surface area contributed by atoms with E-state index in [0.29, 0.717) is 0 Å². The van der Waals surface area contributed by atoms with E-state index in [4.69, 9.17) is 0 Å². The topological polar surface area (TPSA) is 9.86 Å². The highest BCUT2D eigenvalue weighted by Gasteiger charge is 2.48. The average Bonchev–Trinajstić information content (AvgIpc) is 1.54. The van der Waals surface area contributed by atoms with Crippen LogP contribution in [0.3, 0.4) is 0 Å². The van der Waals surface area contributed by atoms with Gasteiger partial charge in [0, 0.05) is 38.3 Å². The van der Waals surface area contributed by atoms with Gasteiger partial charge in [-0.25, -0.2) is 0 Å². The first kappa shape index (κ1) is 54.6. The van der Waals surface area contributed by atoms with Gasteiger partial charge in [0.05, 0.1) is 22.1 Å². The van der Waals surface area contributed by atoms with Crippen molar-refractivity contribution in [1.82, 2.24) is 9.13 Å². The Balaban J connectivity index is 0.551. The Hall–Kier alpha value is -12.1. The second-order valence-electron chi connectivity index (χ2n) is 26.0. The number of para-hydroxylation sites is 2. The molecule has 0 saturated carbocycles. The van der Waals surface area contributed by atoms with Gasteiger partial charge in [-0.2, -0.15) is 0 Å². The number of rotatable bonds is 10. The first-order valence-corrected chi connectivity index (χ1v) is 33.2. The minimum absolute atomic E-state index is 0.221. The van der Waals surface area contributed by atoms with E-state index in [1.165, 1.54) is 177 Å². The van der Waals surface area contributed by atoms with Crippen molar-refractivity contribution in [3.8, 4) is 67.0 Å². The lowest BCUT2D eigenvalue weighted by Crippen LogP contribution is -2.23. The molecule has 444 valence electrons. The molecule has 95 heavy (non-hydrogen) atoms. The number of nitrogens with zero attached hydrogens (tertiary/aromatic N) is 2. The summed E-state index contributed by atoms with van der Waals surface area (Å²) in [6.45, 7) is 0. The van der Waals surface area contributed by atoms with Crippen LogP contribution in [0.5, 0.6) is 0 Å². The van der Waals surface area contributed by atoms with Crippen LogP contribution in [0.1, 0.15) is 50.9 Å². The van der Waals surface area contributed by atoms with Gasteiger partial charge >= 0.3 is 0 Å². The minimum atomic E-state index is -0.221. The van der Waals surface area contributed by atoms with Crippen molar-refractivity contribution in [2.45, 2.75) is 18.3 Å². The number of hydrogen-bond donors (Lipinski definition) is 0. The van der Waals surface area contributed by atoms with Gasteiger partial charge in [0.1, 0.15) is 0 Å². The summed E-state index contributed by atoms with van der Waals surface area (Å²) in [6.07, 6.45) is 11.0. The zero-order valence-electron chi connectivity index (χ0n) is 52.3. The molecule has 0 saturated heterocycles. The third kappa shape index (κ3) is 9.16. The highest BCUT2D eigenvalue weighted by molar-refractivity contribution is 6.12. The van der Waals surface area contributed by atoms with Gasteiger partial charge in [-0.3, -0.25) is 0 Å². The van der Waals surface area contributed by atoms with Crippen molar-refractivity contribution in [2.75, 3.05) is 0 Å². The Labute approximate surface area is 552 Å². The van der Waals surface area contributed by atoms with Gasteiger partial charge in [0.15, 0.2) is 0 Å². The molecule has 0 radical (unpaired) electrons. The van der Waals surface area contributed by atoms with E-state index >= 15 is 0 Å². The van der Waals surface area contributed by atoms with Crippen LogP contribution in [-0.4, -0.2) is 9.13 Å².